The second-order valence-electron chi connectivity index (χ2n) is 7.02. The molecule has 0 radical (unpaired) electrons. The number of aromatic carboxylic acids is 2. The average Bonchev–Trinajstić information content (AvgIpc) is 2.74. The van der Waals surface area contributed by atoms with Gasteiger partial charge >= 0.3 is 23.9 Å². The summed E-state index contributed by atoms with van der Waals surface area (Å²) in [5.41, 5.74) is 0.647. The minimum Gasteiger partial charge on any atom is -0.480 e. The summed E-state index contributed by atoms with van der Waals surface area (Å²) in [7, 11) is 0. The predicted octanol–water partition coefficient (Wildman–Crippen LogP) is 3.86. The van der Waals surface area contributed by atoms with Crippen molar-refractivity contribution in [2.45, 2.75) is 32.1 Å². The van der Waals surface area contributed by atoms with Gasteiger partial charge in [-0.05, 0) is 48.2 Å². The summed E-state index contributed by atoms with van der Waals surface area (Å²) in [5.74, 6) is -4.31. The van der Waals surface area contributed by atoms with Crippen LogP contribution in [0.15, 0.2) is 48.5 Å². The highest BCUT2D eigenvalue weighted by atomic mass is 16.4. The van der Waals surface area contributed by atoms with Gasteiger partial charge in [0.2, 0.25) is 0 Å². The third kappa shape index (κ3) is 5.22. The minimum atomic E-state index is -1.49. The van der Waals surface area contributed by atoms with Crippen molar-refractivity contribution in [2.75, 3.05) is 0 Å². The van der Waals surface area contributed by atoms with Crippen LogP contribution >= 0.6 is 0 Å². The van der Waals surface area contributed by atoms with Crippen LogP contribution in [0.25, 0.3) is 11.1 Å². The van der Waals surface area contributed by atoms with Gasteiger partial charge in [0.25, 0.3) is 0 Å². The molecule has 1 aliphatic rings. The first kappa shape index (κ1) is 22.6. The van der Waals surface area contributed by atoms with Crippen molar-refractivity contribution in [3.63, 3.8) is 0 Å². The van der Waals surface area contributed by atoms with E-state index in [1.54, 1.807) is 24.3 Å². The normalized spacial score (nSPS) is 14.7. The highest BCUT2D eigenvalue weighted by molar-refractivity contribution is 5.98. The van der Waals surface area contributed by atoms with Gasteiger partial charge in [0.05, 0.1) is 11.1 Å². The van der Waals surface area contributed by atoms with Crippen LogP contribution in [-0.4, -0.2) is 44.3 Å². The number of benzene rings is 2. The summed E-state index contributed by atoms with van der Waals surface area (Å²) >= 11 is 0. The van der Waals surface area contributed by atoms with E-state index in [9.17, 15) is 19.2 Å². The van der Waals surface area contributed by atoms with Crippen molar-refractivity contribution < 1.29 is 39.6 Å². The molecule has 3 rings (SSSR count). The molecule has 0 saturated heterocycles. The van der Waals surface area contributed by atoms with Gasteiger partial charge in [-0.25, -0.2) is 9.59 Å². The molecule has 0 spiro atoms. The van der Waals surface area contributed by atoms with E-state index in [1.165, 1.54) is 24.3 Å². The Morgan fingerprint density at radius 1 is 0.567 bits per heavy atom. The van der Waals surface area contributed by atoms with Crippen LogP contribution in [0.4, 0.5) is 0 Å². The number of rotatable bonds is 5. The van der Waals surface area contributed by atoms with Gasteiger partial charge in [-0.2, -0.15) is 0 Å². The highest BCUT2D eigenvalue weighted by Gasteiger charge is 2.46. The van der Waals surface area contributed by atoms with Crippen LogP contribution in [0.2, 0.25) is 0 Å². The Kier molecular flexibility index (Phi) is 7.30. The summed E-state index contributed by atoms with van der Waals surface area (Å²) in [6, 6.07) is 12.8. The van der Waals surface area contributed by atoms with E-state index in [1.807, 2.05) is 0 Å². The summed E-state index contributed by atoms with van der Waals surface area (Å²) in [6.45, 7) is 0. The third-order valence-corrected chi connectivity index (χ3v) is 5.12. The quantitative estimate of drug-likeness (QED) is 0.539. The molecular formula is C22H22O8. The summed E-state index contributed by atoms with van der Waals surface area (Å²) < 4.78 is 0. The molecule has 0 aliphatic heterocycles. The largest absolute Gasteiger partial charge is 0.480 e. The van der Waals surface area contributed by atoms with Crippen molar-refractivity contribution >= 4 is 23.9 Å². The number of hydrogen-bond acceptors (Lipinski definition) is 4. The van der Waals surface area contributed by atoms with Crippen LogP contribution < -0.4 is 0 Å². The summed E-state index contributed by atoms with van der Waals surface area (Å²) in [4.78, 5) is 42.9. The Labute approximate surface area is 172 Å². The molecule has 1 aliphatic carbocycles. The Morgan fingerprint density at radius 2 is 0.900 bits per heavy atom. The Balaban J connectivity index is 0.000000232. The van der Waals surface area contributed by atoms with E-state index < -0.39 is 29.3 Å². The molecule has 1 saturated carbocycles. The molecule has 0 bridgehead atoms. The fraction of sp³-hybridized carbons (Fsp3) is 0.273. The molecule has 158 valence electrons. The maximum absolute atomic E-state index is 10.7. The molecule has 4 N–H and O–H groups in total. The summed E-state index contributed by atoms with van der Waals surface area (Å²) in [5, 5.41) is 35.1. The zero-order valence-electron chi connectivity index (χ0n) is 16.1. The van der Waals surface area contributed by atoms with Gasteiger partial charge in [-0.1, -0.05) is 43.5 Å². The zero-order chi connectivity index (χ0) is 22.3. The standard InChI is InChI=1S/C14H10O4.C8H12O4/c15-13(16)11-5-1-9(2-6-11)10-3-7-12(8-4-10)14(17)18;9-6(10)8(7(11)12)4-2-1-3-5-8/h1-8H,(H,15,16)(H,17,18);1-5H2,(H,9,10)(H,11,12). The van der Waals surface area contributed by atoms with Crippen molar-refractivity contribution in [3.05, 3.63) is 59.7 Å². The lowest BCUT2D eigenvalue weighted by atomic mass is 9.74. The monoisotopic (exact) mass is 414 g/mol. The average molecular weight is 414 g/mol. The topological polar surface area (TPSA) is 149 Å². The van der Waals surface area contributed by atoms with E-state index in [-0.39, 0.29) is 24.0 Å². The van der Waals surface area contributed by atoms with Gasteiger partial charge in [-0.3, -0.25) is 9.59 Å². The summed E-state index contributed by atoms with van der Waals surface area (Å²) in [6.07, 6.45) is 2.91. The van der Waals surface area contributed by atoms with Gasteiger partial charge in [-0.15, -0.1) is 0 Å². The lowest BCUT2D eigenvalue weighted by Crippen LogP contribution is -2.40. The van der Waals surface area contributed by atoms with Crippen LogP contribution in [-0.2, 0) is 9.59 Å². The molecule has 0 amide bonds. The second kappa shape index (κ2) is 9.69. The fourth-order valence-electron chi connectivity index (χ4n) is 3.29. The van der Waals surface area contributed by atoms with Crippen molar-refractivity contribution in [3.8, 4) is 11.1 Å². The van der Waals surface area contributed by atoms with Crippen LogP contribution in [0, 0.1) is 5.41 Å². The van der Waals surface area contributed by atoms with Crippen molar-refractivity contribution in [2.24, 2.45) is 5.41 Å². The van der Waals surface area contributed by atoms with Gasteiger partial charge < -0.3 is 20.4 Å². The number of carboxylic acid groups (broad SMARTS) is 4. The van der Waals surface area contributed by atoms with Gasteiger partial charge in [0.1, 0.15) is 0 Å². The van der Waals surface area contributed by atoms with E-state index in [0.29, 0.717) is 12.8 Å². The third-order valence-electron chi connectivity index (χ3n) is 5.12. The van der Waals surface area contributed by atoms with E-state index in [0.717, 1.165) is 17.5 Å². The molecule has 0 atom stereocenters. The van der Waals surface area contributed by atoms with Crippen molar-refractivity contribution in [1.29, 1.82) is 0 Å². The van der Waals surface area contributed by atoms with Gasteiger partial charge in [0.15, 0.2) is 5.41 Å². The Bertz CT molecular complexity index is 851. The lowest BCUT2D eigenvalue weighted by Gasteiger charge is -2.28. The Morgan fingerprint density at radius 3 is 1.13 bits per heavy atom. The second-order valence-corrected chi connectivity index (χ2v) is 7.02. The highest BCUT2D eigenvalue weighted by Crippen LogP contribution is 2.36. The van der Waals surface area contributed by atoms with Crippen LogP contribution in [0.3, 0.4) is 0 Å². The maximum Gasteiger partial charge on any atom is 0.335 e. The molecule has 2 aromatic rings. The molecule has 0 heterocycles. The molecule has 1 fully saturated rings. The SMILES string of the molecule is O=C(O)C1(C(=O)O)CCCCC1.O=C(O)c1ccc(-c2ccc(C(=O)O)cc2)cc1. The molecule has 8 heteroatoms. The molecule has 8 nitrogen and oxygen atoms in total. The molecular weight excluding hydrogens is 392 g/mol. The molecule has 30 heavy (non-hydrogen) atoms. The van der Waals surface area contributed by atoms with Crippen LogP contribution in [0.1, 0.15) is 52.8 Å². The molecule has 0 aromatic heterocycles. The fourth-order valence-corrected chi connectivity index (χ4v) is 3.29. The van der Waals surface area contributed by atoms with E-state index >= 15 is 0 Å². The first-order valence-corrected chi connectivity index (χ1v) is 9.31. The number of aliphatic carboxylic acids is 2. The number of carboxylic acids is 4. The zero-order valence-corrected chi connectivity index (χ0v) is 16.1. The minimum absolute atomic E-state index is 0.223. The lowest BCUT2D eigenvalue weighted by molar-refractivity contribution is -0.167. The molecule has 0 unspecified atom stereocenters. The van der Waals surface area contributed by atoms with Crippen LogP contribution in [0.5, 0.6) is 0 Å². The first-order valence-electron chi connectivity index (χ1n) is 9.31. The maximum atomic E-state index is 10.7. The van der Waals surface area contributed by atoms with Crippen molar-refractivity contribution in [1.82, 2.24) is 0 Å². The molecule has 2 aromatic carbocycles. The smallest absolute Gasteiger partial charge is 0.335 e. The predicted molar refractivity (Wildman–Crippen MR) is 107 cm³/mol. The van der Waals surface area contributed by atoms with E-state index in [2.05, 4.69) is 0 Å². The van der Waals surface area contributed by atoms with Gasteiger partial charge in [0, 0.05) is 0 Å². The number of carbonyl (C=O) groups is 4. The number of hydrogen-bond donors (Lipinski definition) is 4. The van der Waals surface area contributed by atoms with E-state index in [4.69, 9.17) is 20.4 Å². The Hall–Kier alpha value is -3.68. The first-order chi connectivity index (χ1) is 14.2.